The van der Waals surface area contributed by atoms with Gasteiger partial charge < -0.3 is 13.6 Å². The van der Waals surface area contributed by atoms with Crippen LogP contribution in [0.3, 0.4) is 0 Å². The van der Waals surface area contributed by atoms with Gasteiger partial charge in [0.05, 0.1) is 0 Å². The Hall–Kier alpha value is -3.23. The molecule has 0 saturated carbocycles. The van der Waals surface area contributed by atoms with E-state index in [1.165, 1.54) is 39.0 Å². The van der Waals surface area contributed by atoms with Gasteiger partial charge in [-0.3, -0.25) is 0 Å². The van der Waals surface area contributed by atoms with Crippen LogP contribution in [0.25, 0.3) is 11.6 Å². The summed E-state index contributed by atoms with van der Waals surface area (Å²) in [5, 5.41) is 0.726. The van der Waals surface area contributed by atoms with Gasteiger partial charge in [-0.25, -0.2) is 0 Å². The molecule has 268 valence electrons. The monoisotopic (exact) mass is 706 g/mol. The molecule has 50 heavy (non-hydrogen) atoms. The van der Waals surface area contributed by atoms with Crippen LogP contribution < -0.4 is 4.74 Å². The van der Waals surface area contributed by atoms with E-state index >= 15 is 0 Å². The minimum atomic E-state index is -1.38. The first-order chi connectivity index (χ1) is 23.4. The van der Waals surface area contributed by atoms with Crippen molar-refractivity contribution >= 4 is 28.3 Å². The summed E-state index contributed by atoms with van der Waals surface area (Å²) in [6.07, 6.45) is 5.80. The van der Waals surface area contributed by atoms with Crippen LogP contribution in [0, 0.1) is 5.41 Å². The van der Waals surface area contributed by atoms with Crippen LogP contribution >= 0.6 is 0 Å². The van der Waals surface area contributed by atoms with Gasteiger partial charge in [0.25, 0.3) is 0 Å². The molecule has 0 bridgehead atoms. The zero-order valence-electron chi connectivity index (χ0n) is 32.9. The Morgan fingerprint density at radius 1 is 0.580 bits per heavy atom. The molecule has 0 unspecified atom stereocenters. The van der Waals surface area contributed by atoms with E-state index in [0.29, 0.717) is 16.7 Å². The van der Waals surface area contributed by atoms with E-state index in [0.717, 1.165) is 25.0 Å². The van der Waals surface area contributed by atoms with Crippen LogP contribution in [-0.2, 0) is 34.7 Å². The number of rotatable bonds is 6. The fraction of sp³-hybridized carbons (Fsp3) is 0.422. The van der Waals surface area contributed by atoms with E-state index in [1.807, 2.05) is 32.4 Å². The maximum absolute atomic E-state index is 5.99. The minimum Gasteiger partial charge on any atom is -0.489 e. The van der Waals surface area contributed by atoms with Crippen molar-refractivity contribution in [3.8, 4) is 5.75 Å². The molecule has 1 spiro atoms. The lowest BCUT2D eigenvalue weighted by Crippen LogP contribution is -2.39. The van der Waals surface area contributed by atoms with Crippen LogP contribution in [-0.4, -0.2) is 30.9 Å². The molecule has 0 saturated heterocycles. The van der Waals surface area contributed by atoms with Crippen molar-refractivity contribution in [2.24, 2.45) is 5.41 Å². The van der Waals surface area contributed by atoms with Gasteiger partial charge in [-0.05, 0) is 107 Å². The van der Waals surface area contributed by atoms with Crippen molar-refractivity contribution in [3.63, 3.8) is 0 Å². The smallest absolute Gasteiger partial charge is 0.191 e. The van der Waals surface area contributed by atoms with E-state index in [2.05, 4.69) is 159 Å². The maximum Gasteiger partial charge on any atom is 0.191 e. The van der Waals surface area contributed by atoms with Gasteiger partial charge in [-0.1, -0.05) is 139 Å². The minimum absolute atomic E-state index is 0.176. The Balaban J connectivity index is 0.000000259. The lowest BCUT2D eigenvalue weighted by molar-refractivity contribution is 0.306. The maximum atomic E-state index is 5.99. The average Bonchev–Trinajstić information content (AvgIpc) is 3.60. The SMILES string of the molecule is C(=C1c2ccccc2CC12Cc1ccccc1C2)c1ccc(OCc2ccccc2)cc1.CO[Si](C)(C)C(C)(C)C.CO[Si](C)(C)C(C)(C)C. The number of benzene rings is 4. The topological polar surface area (TPSA) is 27.7 Å². The van der Waals surface area contributed by atoms with Crippen molar-refractivity contribution in [2.75, 3.05) is 14.2 Å². The molecule has 4 aromatic rings. The van der Waals surface area contributed by atoms with Crippen LogP contribution in [0.15, 0.2) is 103 Å². The number of allylic oxidation sites excluding steroid dienone is 1. The van der Waals surface area contributed by atoms with Gasteiger partial charge in [0, 0.05) is 19.6 Å². The molecule has 0 radical (unpaired) electrons. The summed E-state index contributed by atoms with van der Waals surface area (Å²) in [4.78, 5) is 0. The molecule has 0 heterocycles. The molecular weight excluding hydrogens is 645 g/mol. The van der Waals surface area contributed by atoms with Gasteiger partial charge in [-0.2, -0.15) is 0 Å². The lowest BCUT2D eigenvalue weighted by Gasteiger charge is -2.34. The molecule has 0 aliphatic heterocycles. The first-order valence-electron chi connectivity index (χ1n) is 18.2. The van der Waals surface area contributed by atoms with Crippen molar-refractivity contribution in [1.29, 1.82) is 0 Å². The second-order valence-electron chi connectivity index (χ2n) is 17.1. The fourth-order valence-corrected chi connectivity index (χ4v) is 7.33. The highest BCUT2D eigenvalue weighted by Gasteiger charge is 2.45. The Morgan fingerprint density at radius 2 is 1.02 bits per heavy atom. The van der Waals surface area contributed by atoms with E-state index in [4.69, 9.17) is 13.6 Å². The van der Waals surface area contributed by atoms with Crippen molar-refractivity contribution < 1.29 is 13.6 Å². The summed E-state index contributed by atoms with van der Waals surface area (Å²) >= 11 is 0. The molecule has 2 aliphatic rings. The van der Waals surface area contributed by atoms with E-state index in [9.17, 15) is 0 Å². The number of hydrogen-bond acceptors (Lipinski definition) is 3. The molecule has 4 aromatic carbocycles. The summed E-state index contributed by atoms with van der Waals surface area (Å²) in [7, 11) is 0.876. The molecule has 0 atom stereocenters. The standard InChI is InChI=1S/C31H26O.2C7H18OSi/c1-2-8-24(9-3-1)22-32-28-16-14-23(15-17-28)18-30-29-13-7-6-12-27(29)21-31(30)19-25-10-4-5-11-26(25)20-31;2*1-7(2,3)9(5,6)8-4/h1-18H,19-22H2;2*1-6H3. The van der Waals surface area contributed by atoms with E-state index in [-0.39, 0.29) is 5.41 Å². The van der Waals surface area contributed by atoms with Crippen molar-refractivity contribution in [2.45, 2.75) is 104 Å². The van der Waals surface area contributed by atoms with Gasteiger partial charge in [0.1, 0.15) is 12.4 Å². The molecular formula is C45H62O3Si2. The summed E-state index contributed by atoms with van der Waals surface area (Å²) in [6.45, 7) is 23.0. The zero-order chi connectivity index (χ0) is 36.8. The molecule has 0 N–H and O–H groups in total. The largest absolute Gasteiger partial charge is 0.489 e. The third-order valence-electron chi connectivity index (χ3n) is 11.7. The average molecular weight is 707 g/mol. The summed E-state index contributed by atoms with van der Waals surface area (Å²) in [6, 6.07) is 36.8. The molecule has 6 rings (SSSR count). The normalized spacial score (nSPS) is 15.8. The Bertz CT molecular complexity index is 1650. The van der Waals surface area contributed by atoms with E-state index in [1.54, 1.807) is 0 Å². The predicted molar refractivity (Wildman–Crippen MR) is 220 cm³/mol. The van der Waals surface area contributed by atoms with Crippen molar-refractivity contribution in [3.05, 3.63) is 137 Å². The van der Waals surface area contributed by atoms with Crippen LogP contribution in [0.4, 0.5) is 0 Å². The van der Waals surface area contributed by atoms with Crippen LogP contribution in [0.2, 0.25) is 36.3 Å². The summed E-state index contributed by atoms with van der Waals surface area (Å²) < 4.78 is 16.9. The third-order valence-corrected chi connectivity index (χ3v) is 20.9. The first-order valence-corrected chi connectivity index (χ1v) is 24.0. The molecule has 3 nitrogen and oxygen atoms in total. The second kappa shape index (κ2) is 16.0. The number of ether oxygens (including phenoxy) is 1. The van der Waals surface area contributed by atoms with Gasteiger partial charge in [0.2, 0.25) is 0 Å². The highest BCUT2D eigenvalue weighted by atomic mass is 28.4. The van der Waals surface area contributed by atoms with Gasteiger partial charge >= 0.3 is 0 Å². The van der Waals surface area contributed by atoms with Crippen LogP contribution in [0.1, 0.15) is 74.9 Å². The highest BCUT2D eigenvalue weighted by Crippen LogP contribution is 2.55. The van der Waals surface area contributed by atoms with E-state index < -0.39 is 16.6 Å². The summed E-state index contributed by atoms with van der Waals surface area (Å²) in [5.41, 5.74) is 10.0. The molecule has 0 amide bonds. The Labute approximate surface area is 306 Å². The fourth-order valence-electron chi connectivity index (χ4n) is 6.10. The molecule has 0 fully saturated rings. The molecule has 2 aliphatic carbocycles. The summed E-state index contributed by atoms with van der Waals surface area (Å²) in [5.74, 6) is 0.908. The molecule has 0 aromatic heterocycles. The molecule has 5 heteroatoms. The quantitative estimate of drug-likeness (QED) is 0.187. The first kappa shape index (κ1) is 39.6. The Morgan fingerprint density at radius 3 is 1.48 bits per heavy atom. The Kier molecular flexibility index (Phi) is 12.6. The zero-order valence-corrected chi connectivity index (χ0v) is 34.9. The number of fused-ring (bicyclic) bond motifs is 2. The number of hydrogen-bond donors (Lipinski definition) is 0. The van der Waals surface area contributed by atoms with Gasteiger partial charge in [-0.15, -0.1) is 0 Å². The lowest BCUT2D eigenvalue weighted by atomic mass is 9.77. The second-order valence-corrected chi connectivity index (χ2v) is 26.9. The predicted octanol–water partition coefficient (Wildman–Crippen LogP) is 12.4. The van der Waals surface area contributed by atoms with Crippen LogP contribution in [0.5, 0.6) is 5.75 Å². The van der Waals surface area contributed by atoms with Gasteiger partial charge in [0.15, 0.2) is 16.6 Å². The highest BCUT2D eigenvalue weighted by molar-refractivity contribution is 6.74. The third kappa shape index (κ3) is 9.55. The van der Waals surface area contributed by atoms with Crippen molar-refractivity contribution in [1.82, 2.24) is 0 Å².